The molecular formula is C25H43NO3. The van der Waals surface area contributed by atoms with Crippen molar-refractivity contribution in [1.82, 2.24) is 5.32 Å². The number of hydrogen-bond donors (Lipinski definition) is 1. The van der Waals surface area contributed by atoms with Gasteiger partial charge in [0.1, 0.15) is 0 Å². The molecule has 0 radical (unpaired) electrons. The number of carbonyl (C=O) groups excluding carboxylic acids is 1. The Morgan fingerprint density at radius 2 is 1.45 bits per heavy atom. The van der Waals surface area contributed by atoms with Gasteiger partial charge in [0.15, 0.2) is 11.5 Å². The first-order valence-electron chi connectivity index (χ1n) is 11.8. The van der Waals surface area contributed by atoms with E-state index >= 15 is 0 Å². The van der Waals surface area contributed by atoms with Crippen molar-refractivity contribution in [3.05, 3.63) is 23.8 Å². The van der Waals surface area contributed by atoms with Crippen LogP contribution in [0.4, 0.5) is 0 Å². The zero-order chi connectivity index (χ0) is 21.2. The van der Waals surface area contributed by atoms with E-state index in [0.717, 1.165) is 36.3 Å². The van der Waals surface area contributed by atoms with E-state index < -0.39 is 0 Å². The highest BCUT2D eigenvalue weighted by molar-refractivity contribution is 5.75. The molecule has 29 heavy (non-hydrogen) atoms. The second-order valence-corrected chi connectivity index (χ2v) is 7.90. The Labute approximate surface area is 178 Å². The molecule has 0 aliphatic carbocycles. The summed E-state index contributed by atoms with van der Waals surface area (Å²) in [5.41, 5.74) is 1.03. The molecule has 4 nitrogen and oxygen atoms in total. The van der Waals surface area contributed by atoms with Gasteiger partial charge in [-0.15, -0.1) is 0 Å². The van der Waals surface area contributed by atoms with E-state index in [9.17, 15) is 4.79 Å². The molecule has 0 saturated carbocycles. The van der Waals surface area contributed by atoms with Crippen molar-refractivity contribution in [2.45, 2.75) is 104 Å². The molecule has 0 aliphatic heterocycles. The van der Waals surface area contributed by atoms with Crippen LogP contribution in [0.1, 0.15) is 103 Å². The Kier molecular flexibility index (Phi) is 15.0. The molecule has 166 valence electrons. The summed E-state index contributed by atoms with van der Waals surface area (Å²) in [6.45, 7) is 5.54. The van der Waals surface area contributed by atoms with Gasteiger partial charge in [-0.3, -0.25) is 4.79 Å². The molecule has 1 aromatic rings. The Morgan fingerprint density at radius 3 is 2.03 bits per heavy atom. The van der Waals surface area contributed by atoms with Crippen LogP contribution in [0.5, 0.6) is 11.5 Å². The fraction of sp³-hybridized carbons (Fsp3) is 0.720. The van der Waals surface area contributed by atoms with E-state index in [1.165, 1.54) is 57.8 Å². The van der Waals surface area contributed by atoms with Gasteiger partial charge >= 0.3 is 0 Å². The van der Waals surface area contributed by atoms with Gasteiger partial charge in [0.2, 0.25) is 5.91 Å². The number of hydrogen-bond acceptors (Lipinski definition) is 3. The van der Waals surface area contributed by atoms with Crippen molar-refractivity contribution in [2.24, 2.45) is 0 Å². The fourth-order valence-electron chi connectivity index (χ4n) is 3.39. The topological polar surface area (TPSA) is 47.6 Å². The van der Waals surface area contributed by atoms with Gasteiger partial charge < -0.3 is 14.8 Å². The summed E-state index contributed by atoms with van der Waals surface area (Å²) in [6, 6.07) is 5.84. The predicted octanol–water partition coefficient (Wildman–Crippen LogP) is 6.80. The van der Waals surface area contributed by atoms with Crippen LogP contribution in [-0.2, 0) is 11.3 Å². The molecule has 0 aliphatic rings. The number of carbonyl (C=O) groups is 1. The quantitative estimate of drug-likeness (QED) is 0.273. The third-order valence-electron chi connectivity index (χ3n) is 5.19. The van der Waals surface area contributed by atoms with Gasteiger partial charge in [-0.2, -0.15) is 0 Å². The lowest BCUT2D eigenvalue weighted by atomic mass is 10.1. The van der Waals surface area contributed by atoms with Crippen molar-refractivity contribution in [3.63, 3.8) is 0 Å². The monoisotopic (exact) mass is 405 g/mol. The molecule has 0 saturated heterocycles. The van der Waals surface area contributed by atoms with Crippen molar-refractivity contribution in [1.29, 1.82) is 0 Å². The van der Waals surface area contributed by atoms with E-state index in [0.29, 0.717) is 19.6 Å². The van der Waals surface area contributed by atoms with Crippen LogP contribution in [-0.4, -0.2) is 19.6 Å². The maximum absolute atomic E-state index is 12.1. The SMILES string of the molecule is CCCCCCCCCCCCCC(=O)NCc1ccc(OCCC)c(OC)c1. The normalized spacial score (nSPS) is 10.7. The van der Waals surface area contributed by atoms with Gasteiger partial charge in [0, 0.05) is 13.0 Å². The van der Waals surface area contributed by atoms with Crippen LogP contribution in [0.3, 0.4) is 0 Å². The largest absolute Gasteiger partial charge is 0.493 e. The van der Waals surface area contributed by atoms with Crippen LogP contribution in [0.2, 0.25) is 0 Å². The van der Waals surface area contributed by atoms with Gasteiger partial charge in [-0.25, -0.2) is 0 Å². The van der Waals surface area contributed by atoms with Crippen LogP contribution in [0.25, 0.3) is 0 Å². The lowest BCUT2D eigenvalue weighted by Crippen LogP contribution is -2.22. The Balaban J connectivity index is 2.09. The summed E-state index contributed by atoms with van der Waals surface area (Å²) in [7, 11) is 1.64. The summed E-state index contributed by atoms with van der Waals surface area (Å²) in [6.07, 6.45) is 15.9. The summed E-state index contributed by atoms with van der Waals surface area (Å²) in [5, 5.41) is 3.01. The molecule has 0 aromatic heterocycles. The van der Waals surface area contributed by atoms with Crippen LogP contribution >= 0.6 is 0 Å². The average molecular weight is 406 g/mol. The number of rotatable bonds is 18. The molecule has 1 aromatic carbocycles. The second kappa shape index (κ2) is 17.2. The van der Waals surface area contributed by atoms with E-state index in [4.69, 9.17) is 9.47 Å². The first kappa shape index (κ1) is 25.3. The highest BCUT2D eigenvalue weighted by Gasteiger charge is 2.07. The van der Waals surface area contributed by atoms with E-state index in [1.54, 1.807) is 7.11 Å². The standard InChI is InChI=1S/C25H43NO3/c1-4-6-7-8-9-10-11-12-13-14-15-16-25(27)26-21-22-17-18-23(29-19-5-2)24(20-22)28-3/h17-18,20H,4-16,19,21H2,1-3H3,(H,26,27). The summed E-state index contributed by atoms with van der Waals surface area (Å²) in [4.78, 5) is 12.1. The van der Waals surface area contributed by atoms with Gasteiger partial charge in [-0.1, -0.05) is 84.1 Å². The van der Waals surface area contributed by atoms with E-state index in [-0.39, 0.29) is 5.91 Å². The molecule has 1 N–H and O–H groups in total. The zero-order valence-corrected chi connectivity index (χ0v) is 19.1. The minimum Gasteiger partial charge on any atom is -0.493 e. The maximum atomic E-state index is 12.1. The molecule has 0 atom stereocenters. The molecular weight excluding hydrogens is 362 g/mol. The first-order chi connectivity index (χ1) is 14.2. The molecule has 0 bridgehead atoms. The molecule has 1 rings (SSSR count). The summed E-state index contributed by atoms with van der Waals surface area (Å²) < 4.78 is 11.1. The van der Waals surface area contributed by atoms with Crippen molar-refractivity contribution >= 4 is 5.91 Å². The molecule has 0 unspecified atom stereocenters. The molecule has 0 heterocycles. The van der Waals surface area contributed by atoms with Gasteiger partial charge in [-0.05, 0) is 30.5 Å². The maximum Gasteiger partial charge on any atom is 0.220 e. The first-order valence-corrected chi connectivity index (χ1v) is 11.8. The smallest absolute Gasteiger partial charge is 0.220 e. The number of nitrogens with one attached hydrogen (secondary N) is 1. The highest BCUT2D eigenvalue weighted by Crippen LogP contribution is 2.28. The van der Waals surface area contributed by atoms with Gasteiger partial charge in [0.25, 0.3) is 0 Å². The third-order valence-corrected chi connectivity index (χ3v) is 5.19. The van der Waals surface area contributed by atoms with Gasteiger partial charge in [0.05, 0.1) is 13.7 Å². The minimum atomic E-state index is 0.131. The lowest BCUT2D eigenvalue weighted by molar-refractivity contribution is -0.121. The number of methoxy groups -OCH3 is 1. The van der Waals surface area contributed by atoms with Crippen LogP contribution in [0, 0.1) is 0 Å². The van der Waals surface area contributed by atoms with Crippen molar-refractivity contribution in [2.75, 3.05) is 13.7 Å². The van der Waals surface area contributed by atoms with E-state index in [1.807, 2.05) is 18.2 Å². The molecule has 0 fully saturated rings. The lowest BCUT2D eigenvalue weighted by Gasteiger charge is -2.12. The van der Waals surface area contributed by atoms with Crippen molar-refractivity contribution < 1.29 is 14.3 Å². The highest BCUT2D eigenvalue weighted by atomic mass is 16.5. The second-order valence-electron chi connectivity index (χ2n) is 7.90. The Morgan fingerprint density at radius 1 is 0.828 bits per heavy atom. The summed E-state index contributed by atoms with van der Waals surface area (Å²) in [5.74, 6) is 1.60. The third kappa shape index (κ3) is 12.5. The van der Waals surface area contributed by atoms with E-state index in [2.05, 4.69) is 19.2 Å². The Bertz CT molecular complexity index is 545. The van der Waals surface area contributed by atoms with Crippen LogP contribution in [0.15, 0.2) is 18.2 Å². The van der Waals surface area contributed by atoms with Crippen molar-refractivity contribution in [3.8, 4) is 11.5 Å². The minimum absolute atomic E-state index is 0.131. The molecule has 4 heteroatoms. The number of unbranched alkanes of at least 4 members (excludes halogenated alkanes) is 10. The zero-order valence-electron chi connectivity index (χ0n) is 19.1. The predicted molar refractivity (Wildman–Crippen MR) is 122 cm³/mol. The Hall–Kier alpha value is -1.71. The molecule has 1 amide bonds. The summed E-state index contributed by atoms with van der Waals surface area (Å²) >= 11 is 0. The number of ether oxygens (including phenoxy) is 2. The fourth-order valence-corrected chi connectivity index (χ4v) is 3.39. The average Bonchev–Trinajstić information content (AvgIpc) is 2.74. The number of benzene rings is 1. The number of amides is 1. The van der Waals surface area contributed by atoms with Crippen LogP contribution < -0.4 is 14.8 Å². The molecule has 0 spiro atoms.